The van der Waals surface area contributed by atoms with Crippen LogP contribution in [-0.2, 0) is 20.0 Å². The molecule has 4 heteroatoms. The van der Waals surface area contributed by atoms with Crippen molar-refractivity contribution < 1.29 is 4.74 Å². The number of rotatable bonds is 6. The van der Waals surface area contributed by atoms with Crippen molar-refractivity contribution in [3.05, 3.63) is 47.7 Å². The van der Waals surface area contributed by atoms with E-state index in [1.165, 1.54) is 5.56 Å². The summed E-state index contributed by atoms with van der Waals surface area (Å²) in [5, 5.41) is 7.74. The highest BCUT2D eigenvalue weighted by atomic mass is 16.5. The fourth-order valence-corrected chi connectivity index (χ4v) is 1.88. The molecule has 0 aliphatic heterocycles. The van der Waals surface area contributed by atoms with E-state index in [1.54, 1.807) is 11.8 Å². The first-order valence-corrected chi connectivity index (χ1v) is 6.11. The highest BCUT2D eigenvalue weighted by Gasteiger charge is 2.03. The number of hydrogen-bond acceptors (Lipinski definition) is 3. The van der Waals surface area contributed by atoms with E-state index in [0.717, 1.165) is 31.1 Å². The van der Waals surface area contributed by atoms with Gasteiger partial charge in [0.15, 0.2) is 0 Å². The number of aryl methyl sites for hydroxylation is 1. The Kier molecular flexibility index (Phi) is 4.36. The third-order valence-corrected chi connectivity index (χ3v) is 2.84. The number of benzene rings is 1. The molecule has 2 rings (SSSR count). The summed E-state index contributed by atoms with van der Waals surface area (Å²) in [6, 6.07) is 12.4. The third kappa shape index (κ3) is 3.34. The lowest BCUT2D eigenvalue weighted by atomic mass is 10.1. The van der Waals surface area contributed by atoms with Crippen LogP contribution in [0.3, 0.4) is 0 Å². The van der Waals surface area contributed by atoms with Crippen molar-refractivity contribution in [3.63, 3.8) is 0 Å². The van der Waals surface area contributed by atoms with Crippen LogP contribution < -0.4 is 10.1 Å². The molecule has 18 heavy (non-hydrogen) atoms. The summed E-state index contributed by atoms with van der Waals surface area (Å²) in [6.07, 6.45) is 1.03. The Hall–Kier alpha value is -1.81. The van der Waals surface area contributed by atoms with E-state index in [2.05, 4.69) is 34.7 Å². The third-order valence-electron chi connectivity index (χ3n) is 2.84. The molecular formula is C14H19N3O. The van der Waals surface area contributed by atoms with Gasteiger partial charge >= 0.3 is 0 Å². The van der Waals surface area contributed by atoms with Crippen molar-refractivity contribution in [2.75, 3.05) is 13.7 Å². The van der Waals surface area contributed by atoms with Crippen LogP contribution in [0.25, 0.3) is 0 Å². The Balaban J connectivity index is 1.75. The molecule has 0 atom stereocenters. The van der Waals surface area contributed by atoms with E-state index in [1.807, 2.05) is 19.2 Å². The Morgan fingerprint density at radius 2 is 2.06 bits per heavy atom. The number of hydrogen-bond donors (Lipinski definition) is 1. The van der Waals surface area contributed by atoms with Crippen LogP contribution in [0.2, 0.25) is 0 Å². The fraction of sp³-hybridized carbons (Fsp3) is 0.357. The lowest BCUT2D eigenvalue weighted by Crippen LogP contribution is -2.17. The van der Waals surface area contributed by atoms with E-state index in [9.17, 15) is 0 Å². The van der Waals surface area contributed by atoms with Crippen LogP contribution >= 0.6 is 0 Å². The van der Waals surface area contributed by atoms with Gasteiger partial charge in [-0.05, 0) is 18.5 Å². The van der Waals surface area contributed by atoms with Crippen molar-refractivity contribution in [3.8, 4) is 5.88 Å². The molecule has 0 aliphatic rings. The van der Waals surface area contributed by atoms with Gasteiger partial charge < -0.3 is 10.1 Å². The average molecular weight is 245 g/mol. The van der Waals surface area contributed by atoms with Gasteiger partial charge in [-0.2, -0.15) is 5.10 Å². The van der Waals surface area contributed by atoms with E-state index < -0.39 is 0 Å². The van der Waals surface area contributed by atoms with Gasteiger partial charge in [-0.1, -0.05) is 30.3 Å². The summed E-state index contributed by atoms with van der Waals surface area (Å²) in [6.45, 7) is 1.72. The number of nitrogens with one attached hydrogen (secondary N) is 1. The summed E-state index contributed by atoms with van der Waals surface area (Å²) >= 11 is 0. The zero-order chi connectivity index (χ0) is 12.8. The maximum atomic E-state index is 5.17. The largest absolute Gasteiger partial charge is 0.481 e. The van der Waals surface area contributed by atoms with Crippen LogP contribution in [0.1, 0.15) is 11.3 Å². The van der Waals surface area contributed by atoms with Gasteiger partial charge in [-0.3, -0.25) is 0 Å². The predicted molar refractivity (Wildman–Crippen MR) is 71.6 cm³/mol. The molecule has 4 nitrogen and oxygen atoms in total. The number of methoxy groups -OCH3 is 1. The molecule has 1 aromatic heterocycles. The molecule has 2 aromatic rings. The molecule has 1 aromatic carbocycles. The Morgan fingerprint density at radius 1 is 1.28 bits per heavy atom. The van der Waals surface area contributed by atoms with Crippen LogP contribution in [0.15, 0.2) is 36.4 Å². The molecule has 0 radical (unpaired) electrons. The molecule has 0 amide bonds. The highest BCUT2D eigenvalue weighted by Crippen LogP contribution is 2.10. The maximum Gasteiger partial charge on any atom is 0.211 e. The van der Waals surface area contributed by atoms with E-state index in [4.69, 9.17) is 4.74 Å². The Bertz CT molecular complexity index is 479. The van der Waals surface area contributed by atoms with Gasteiger partial charge in [0.25, 0.3) is 0 Å². The molecule has 0 aliphatic carbocycles. The Morgan fingerprint density at radius 3 is 2.72 bits per heavy atom. The fourth-order valence-electron chi connectivity index (χ4n) is 1.88. The molecule has 0 bridgehead atoms. The van der Waals surface area contributed by atoms with E-state index in [0.29, 0.717) is 0 Å². The number of nitrogens with zero attached hydrogens (tertiary/aromatic N) is 2. The number of aromatic nitrogens is 2. The lowest BCUT2D eigenvalue weighted by Gasteiger charge is -2.02. The molecule has 0 unspecified atom stereocenters. The second-order valence-corrected chi connectivity index (χ2v) is 4.21. The second kappa shape index (κ2) is 6.21. The SMILES string of the molecule is COc1cc(CNCCc2ccccc2)nn1C. The molecule has 1 heterocycles. The second-order valence-electron chi connectivity index (χ2n) is 4.21. The monoisotopic (exact) mass is 245 g/mol. The molecule has 0 saturated heterocycles. The maximum absolute atomic E-state index is 5.17. The lowest BCUT2D eigenvalue weighted by molar-refractivity contribution is 0.373. The van der Waals surface area contributed by atoms with Crippen molar-refractivity contribution in [1.82, 2.24) is 15.1 Å². The number of ether oxygens (including phenoxy) is 1. The van der Waals surface area contributed by atoms with Gasteiger partial charge in [0.05, 0.1) is 12.8 Å². The summed E-state index contributed by atoms with van der Waals surface area (Å²) in [5.41, 5.74) is 2.35. The minimum Gasteiger partial charge on any atom is -0.481 e. The van der Waals surface area contributed by atoms with Crippen LogP contribution in [0, 0.1) is 0 Å². The van der Waals surface area contributed by atoms with Crippen molar-refractivity contribution in [2.24, 2.45) is 7.05 Å². The van der Waals surface area contributed by atoms with Gasteiger partial charge in [0, 0.05) is 19.7 Å². The summed E-state index contributed by atoms with van der Waals surface area (Å²) in [4.78, 5) is 0. The van der Waals surface area contributed by atoms with E-state index in [-0.39, 0.29) is 0 Å². The van der Waals surface area contributed by atoms with Crippen molar-refractivity contribution >= 4 is 0 Å². The molecular weight excluding hydrogens is 226 g/mol. The minimum atomic E-state index is 0.768. The van der Waals surface area contributed by atoms with Crippen molar-refractivity contribution in [1.29, 1.82) is 0 Å². The van der Waals surface area contributed by atoms with Crippen molar-refractivity contribution in [2.45, 2.75) is 13.0 Å². The first kappa shape index (κ1) is 12.6. The molecule has 0 saturated carbocycles. The summed E-state index contributed by atoms with van der Waals surface area (Å²) in [5.74, 6) is 0.787. The van der Waals surface area contributed by atoms with Crippen LogP contribution in [-0.4, -0.2) is 23.4 Å². The van der Waals surface area contributed by atoms with E-state index >= 15 is 0 Å². The molecule has 0 fully saturated rings. The molecule has 1 N–H and O–H groups in total. The van der Waals surface area contributed by atoms with Gasteiger partial charge in [-0.15, -0.1) is 0 Å². The standard InChI is InChI=1S/C14H19N3O/c1-17-14(18-2)10-13(16-17)11-15-9-8-12-6-4-3-5-7-12/h3-7,10,15H,8-9,11H2,1-2H3. The van der Waals surface area contributed by atoms with Crippen LogP contribution in [0.5, 0.6) is 5.88 Å². The summed E-state index contributed by atoms with van der Waals surface area (Å²) in [7, 11) is 3.54. The zero-order valence-electron chi connectivity index (χ0n) is 10.9. The topological polar surface area (TPSA) is 39.1 Å². The summed E-state index contributed by atoms with van der Waals surface area (Å²) < 4.78 is 6.92. The first-order valence-electron chi connectivity index (χ1n) is 6.11. The smallest absolute Gasteiger partial charge is 0.211 e. The molecule has 96 valence electrons. The minimum absolute atomic E-state index is 0.768. The normalized spacial score (nSPS) is 10.6. The van der Waals surface area contributed by atoms with Gasteiger partial charge in [0.1, 0.15) is 0 Å². The zero-order valence-corrected chi connectivity index (χ0v) is 10.9. The molecule has 0 spiro atoms. The quantitative estimate of drug-likeness (QED) is 0.788. The van der Waals surface area contributed by atoms with Gasteiger partial charge in [-0.25, -0.2) is 4.68 Å². The highest BCUT2D eigenvalue weighted by molar-refractivity contribution is 5.16. The first-order chi connectivity index (χ1) is 8.79. The van der Waals surface area contributed by atoms with Crippen LogP contribution in [0.4, 0.5) is 0 Å². The average Bonchev–Trinajstić information content (AvgIpc) is 2.76. The predicted octanol–water partition coefficient (Wildman–Crippen LogP) is 1.76. The van der Waals surface area contributed by atoms with Gasteiger partial charge in [0.2, 0.25) is 5.88 Å². The Labute approximate surface area is 108 Å².